The summed E-state index contributed by atoms with van der Waals surface area (Å²) in [7, 11) is 0. The Morgan fingerprint density at radius 3 is 2.33 bits per heavy atom. The van der Waals surface area contributed by atoms with E-state index in [2.05, 4.69) is 0 Å². The predicted molar refractivity (Wildman–Crippen MR) is 106 cm³/mol. The topological polar surface area (TPSA) is 138 Å². The van der Waals surface area contributed by atoms with Gasteiger partial charge in [0, 0.05) is 23.2 Å². The number of benzene rings is 2. The zero-order valence-electron chi connectivity index (χ0n) is 15.3. The van der Waals surface area contributed by atoms with Gasteiger partial charge in [0.25, 0.3) is 17.4 Å². The van der Waals surface area contributed by atoms with E-state index < -0.39 is 40.8 Å². The Morgan fingerprint density at radius 1 is 1.10 bits per heavy atom. The fourth-order valence-electron chi connectivity index (χ4n) is 3.30. The lowest BCUT2D eigenvalue weighted by atomic mass is 9.94. The summed E-state index contributed by atoms with van der Waals surface area (Å²) >= 11 is 5.84. The molecule has 1 fully saturated rings. The molecule has 0 bridgehead atoms. The van der Waals surface area contributed by atoms with Gasteiger partial charge in [-0.05, 0) is 30.3 Å². The molecule has 2 aromatic rings. The van der Waals surface area contributed by atoms with Crippen molar-refractivity contribution in [3.05, 3.63) is 80.4 Å². The minimum absolute atomic E-state index is 0.0115. The molecule has 0 aromatic heterocycles. The van der Waals surface area contributed by atoms with Crippen LogP contribution >= 0.6 is 11.6 Å². The molecule has 2 aromatic carbocycles. The number of carbonyl (C=O) groups is 3. The number of carboxylic acid groups (broad SMARTS) is 1. The largest absolute Gasteiger partial charge is 0.507 e. The summed E-state index contributed by atoms with van der Waals surface area (Å²) in [6.07, 6.45) is -0.481. The highest BCUT2D eigenvalue weighted by Gasteiger charge is 2.48. The summed E-state index contributed by atoms with van der Waals surface area (Å²) in [6.45, 7) is -0.367. The lowest BCUT2D eigenvalue weighted by Gasteiger charge is -2.24. The van der Waals surface area contributed by atoms with Crippen LogP contribution in [-0.4, -0.2) is 44.2 Å². The van der Waals surface area contributed by atoms with Crippen molar-refractivity contribution in [2.45, 2.75) is 12.5 Å². The van der Waals surface area contributed by atoms with Crippen LogP contribution in [0.1, 0.15) is 23.6 Å². The molecule has 1 saturated heterocycles. The van der Waals surface area contributed by atoms with E-state index >= 15 is 0 Å². The number of para-hydroxylation sites is 1. The van der Waals surface area contributed by atoms with Gasteiger partial charge in [-0.25, -0.2) is 0 Å². The molecular weight excluding hydrogens is 416 g/mol. The van der Waals surface area contributed by atoms with E-state index in [1.807, 2.05) is 0 Å². The van der Waals surface area contributed by atoms with Crippen LogP contribution in [0.2, 0.25) is 5.02 Å². The molecule has 154 valence electrons. The first-order chi connectivity index (χ1) is 14.2. The van der Waals surface area contributed by atoms with Gasteiger partial charge in [0.15, 0.2) is 0 Å². The lowest BCUT2D eigenvalue weighted by molar-refractivity contribution is -0.385. The zero-order valence-corrected chi connectivity index (χ0v) is 16.1. The molecule has 0 radical (unpaired) electrons. The van der Waals surface area contributed by atoms with Crippen LogP contribution < -0.4 is 0 Å². The van der Waals surface area contributed by atoms with E-state index in [0.717, 1.165) is 4.90 Å². The molecule has 0 unspecified atom stereocenters. The van der Waals surface area contributed by atoms with E-state index in [4.69, 9.17) is 16.7 Å². The van der Waals surface area contributed by atoms with Crippen LogP contribution in [0.5, 0.6) is 0 Å². The highest BCUT2D eigenvalue weighted by Crippen LogP contribution is 2.42. The van der Waals surface area contributed by atoms with Crippen LogP contribution in [0.25, 0.3) is 5.76 Å². The van der Waals surface area contributed by atoms with E-state index in [-0.39, 0.29) is 28.9 Å². The average Bonchev–Trinajstić information content (AvgIpc) is 2.96. The number of ketones is 1. The van der Waals surface area contributed by atoms with Crippen molar-refractivity contribution >= 4 is 40.7 Å². The maximum atomic E-state index is 12.8. The smallest absolute Gasteiger partial charge is 0.305 e. The standard InChI is InChI=1S/C20H15ClN2O7/c21-12-7-5-11(6-8-12)18(26)16-17(13-3-1-2-4-14(13)23(29)30)22(10-9-15(24)25)20(28)19(16)27/h1-8,17,26H,9-10H2,(H,24,25)/b18-16+/t17-/m0/s1. The SMILES string of the molecule is O=C(O)CCN1C(=O)C(=O)/C(=C(/O)c2ccc(Cl)cc2)[C@@H]1c1ccccc1[N+](=O)[O-]. The van der Waals surface area contributed by atoms with Gasteiger partial charge in [0.05, 0.1) is 28.5 Å². The molecule has 3 rings (SSSR count). The molecule has 10 heteroatoms. The van der Waals surface area contributed by atoms with Crippen LogP contribution in [-0.2, 0) is 14.4 Å². The van der Waals surface area contributed by atoms with E-state index in [1.54, 1.807) is 0 Å². The van der Waals surface area contributed by atoms with Gasteiger partial charge >= 0.3 is 5.97 Å². The summed E-state index contributed by atoms with van der Waals surface area (Å²) < 4.78 is 0. The molecule has 30 heavy (non-hydrogen) atoms. The van der Waals surface area contributed by atoms with Crippen molar-refractivity contribution in [2.24, 2.45) is 0 Å². The second-order valence-corrected chi connectivity index (χ2v) is 6.90. The number of hydrogen-bond donors (Lipinski definition) is 2. The number of Topliss-reactive ketones (excluding diaryl/α,β-unsaturated/α-hetero) is 1. The van der Waals surface area contributed by atoms with Crippen molar-refractivity contribution in [3.63, 3.8) is 0 Å². The number of aliphatic hydroxyl groups is 1. The fraction of sp³-hybridized carbons (Fsp3) is 0.150. The molecule has 0 saturated carbocycles. The number of halogens is 1. The minimum Gasteiger partial charge on any atom is -0.507 e. The molecule has 1 atom stereocenters. The van der Waals surface area contributed by atoms with Crippen molar-refractivity contribution in [1.29, 1.82) is 0 Å². The molecule has 2 N–H and O–H groups in total. The first-order valence-electron chi connectivity index (χ1n) is 8.71. The van der Waals surface area contributed by atoms with Gasteiger partial charge in [0.1, 0.15) is 5.76 Å². The minimum atomic E-state index is -1.32. The van der Waals surface area contributed by atoms with Crippen molar-refractivity contribution < 1.29 is 29.5 Å². The van der Waals surface area contributed by atoms with E-state index in [1.165, 1.54) is 48.5 Å². The van der Waals surface area contributed by atoms with Crippen molar-refractivity contribution in [2.75, 3.05) is 6.54 Å². The summed E-state index contributed by atoms with van der Waals surface area (Å²) in [6, 6.07) is 9.95. The second kappa shape index (κ2) is 8.34. The van der Waals surface area contributed by atoms with Gasteiger partial charge < -0.3 is 15.1 Å². The molecule has 9 nitrogen and oxygen atoms in total. The Labute approximate surface area is 175 Å². The van der Waals surface area contributed by atoms with Crippen LogP contribution in [0, 0.1) is 10.1 Å². The van der Waals surface area contributed by atoms with Crippen molar-refractivity contribution in [1.82, 2.24) is 4.90 Å². The van der Waals surface area contributed by atoms with Crippen LogP contribution in [0.3, 0.4) is 0 Å². The molecule has 1 amide bonds. The number of hydrogen-bond acceptors (Lipinski definition) is 6. The van der Waals surface area contributed by atoms with Gasteiger partial charge in [-0.2, -0.15) is 0 Å². The van der Waals surface area contributed by atoms with Gasteiger partial charge in [0.2, 0.25) is 0 Å². The Morgan fingerprint density at radius 2 is 1.73 bits per heavy atom. The third kappa shape index (κ3) is 3.87. The van der Waals surface area contributed by atoms with Gasteiger partial charge in [-0.3, -0.25) is 24.5 Å². The number of nitro groups is 1. The fourth-order valence-corrected chi connectivity index (χ4v) is 3.42. The summed E-state index contributed by atoms with van der Waals surface area (Å²) in [5, 5.41) is 31.7. The highest BCUT2D eigenvalue weighted by molar-refractivity contribution is 6.46. The van der Waals surface area contributed by atoms with Crippen LogP contribution in [0.15, 0.2) is 54.1 Å². The van der Waals surface area contributed by atoms with Crippen LogP contribution in [0.4, 0.5) is 5.69 Å². The first kappa shape index (κ1) is 21.0. The first-order valence-corrected chi connectivity index (χ1v) is 9.09. The number of carbonyl (C=O) groups excluding carboxylic acids is 2. The maximum absolute atomic E-state index is 12.8. The maximum Gasteiger partial charge on any atom is 0.305 e. The van der Waals surface area contributed by atoms with Gasteiger partial charge in [-0.1, -0.05) is 23.7 Å². The highest BCUT2D eigenvalue weighted by atomic mass is 35.5. The summed E-state index contributed by atoms with van der Waals surface area (Å²) in [4.78, 5) is 48.2. The van der Waals surface area contributed by atoms with E-state index in [9.17, 15) is 29.6 Å². The molecule has 1 heterocycles. The zero-order chi connectivity index (χ0) is 22.0. The average molecular weight is 431 g/mol. The number of nitrogens with zero attached hydrogens (tertiary/aromatic N) is 2. The monoisotopic (exact) mass is 430 g/mol. The number of aliphatic hydroxyl groups excluding tert-OH is 1. The predicted octanol–water partition coefficient (Wildman–Crippen LogP) is 3.14. The summed E-state index contributed by atoms with van der Waals surface area (Å²) in [5.41, 5.74) is -0.560. The third-order valence-corrected chi connectivity index (χ3v) is 4.90. The lowest BCUT2D eigenvalue weighted by Crippen LogP contribution is -2.32. The number of aliphatic carboxylic acids is 1. The summed E-state index contributed by atoms with van der Waals surface area (Å²) in [5.74, 6) is -3.85. The Balaban J connectivity index is 2.23. The normalized spacial score (nSPS) is 17.9. The Hall–Kier alpha value is -3.72. The second-order valence-electron chi connectivity index (χ2n) is 6.46. The van der Waals surface area contributed by atoms with Crippen molar-refractivity contribution in [3.8, 4) is 0 Å². The molecule has 0 spiro atoms. The number of amides is 1. The molecule has 1 aliphatic rings. The Kier molecular flexibility index (Phi) is 5.84. The number of carboxylic acids is 1. The quantitative estimate of drug-likeness (QED) is 0.236. The Bertz CT molecular complexity index is 1080. The number of likely N-dealkylation sites (tertiary alicyclic amines) is 1. The number of rotatable bonds is 6. The van der Waals surface area contributed by atoms with Gasteiger partial charge in [-0.15, -0.1) is 0 Å². The number of nitro benzene ring substituents is 1. The third-order valence-electron chi connectivity index (χ3n) is 4.65. The molecular formula is C20H15ClN2O7. The molecule has 0 aliphatic carbocycles. The molecule has 1 aliphatic heterocycles. The van der Waals surface area contributed by atoms with E-state index in [0.29, 0.717) is 5.02 Å².